The fraction of sp³-hybridized carbons (Fsp3) is 0.333. The largest absolute Gasteiger partial charge is 0.493 e. The van der Waals surface area contributed by atoms with Crippen LogP contribution in [0.2, 0.25) is 0 Å². The number of hydrogen-bond acceptors (Lipinski definition) is 6. The van der Waals surface area contributed by atoms with Crippen LogP contribution in [-0.2, 0) is 13.0 Å². The van der Waals surface area contributed by atoms with Gasteiger partial charge in [0.25, 0.3) is 0 Å². The van der Waals surface area contributed by atoms with Gasteiger partial charge in [0.2, 0.25) is 0 Å². The quantitative estimate of drug-likeness (QED) is 0.428. The number of rotatable bonds is 8. The van der Waals surface area contributed by atoms with Gasteiger partial charge in [0.15, 0.2) is 23.0 Å². The molecule has 0 aromatic heterocycles. The van der Waals surface area contributed by atoms with E-state index in [-0.39, 0.29) is 6.04 Å². The number of nitrogens with zero attached hydrogens (tertiary/aromatic N) is 1. The molecular formula is C27H30BrNO5. The maximum absolute atomic E-state index is 11.9. The molecule has 1 aliphatic heterocycles. The molecule has 0 amide bonds. The van der Waals surface area contributed by atoms with Crippen LogP contribution in [0.4, 0.5) is 0 Å². The first-order valence-electron chi connectivity index (χ1n) is 11.1. The maximum Gasteiger partial charge on any atom is 0.175 e. The Balaban J connectivity index is 1.83. The zero-order chi connectivity index (χ0) is 24.2. The van der Waals surface area contributed by atoms with Crippen LogP contribution in [0, 0.1) is 0 Å². The Bertz CT molecular complexity index is 1140. The number of benzene rings is 3. The summed E-state index contributed by atoms with van der Waals surface area (Å²) in [5, 5.41) is 11.9. The van der Waals surface area contributed by atoms with Gasteiger partial charge in [0, 0.05) is 18.7 Å². The van der Waals surface area contributed by atoms with Crippen LogP contribution in [0.3, 0.4) is 0 Å². The van der Waals surface area contributed by atoms with Gasteiger partial charge >= 0.3 is 0 Å². The Kier molecular flexibility index (Phi) is 7.66. The van der Waals surface area contributed by atoms with Crippen LogP contribution in [0.15, 0.2) is 59.1 Å². The van der Waals surface area contributed by atoms with Crippen LogP contribution in [0.1, 0.15) is 34.4 Å². The van der Waals surface area contributed by atoms with E-state index in [1.807, 2.05) is 42.5 Å². The van der Waals surface area contributed by atoms with Gasteiger partial charge in [-0.3, -0.25) is 4.90 Å². The van der Waals surface area contributed by atoms with Crippen molar-refractivity contribution in [2.75, 3.05) is 35.0 Å². The van der Waals surface area contributed by atoms with E-state index in [2.05, 4.69) is 33.0 Å². The molecule has 180 valence electrons. The van der Waals surface area contributed by atoms with Crippen molar-refractivity contribution in [2.24, 2.45) is 0 Å². The van der Waals surface area contributed by atoms with E-state index in [1.54, 1.807) is 28.4 Å². The van der Waals surface area contributed by atoms with Crippen LogP contribution in [0.25, 0.3) is 0 Å². The number of ether oxygens (including phenoxy) is 4. The summed E-state index contributed by atoms with van der Waals surface area (Å²) in [6.07, 6.45) is 0.00815. The molecule has 2 atom stereocenters. The smallest absolute Gasteiger partial charge is 0.175 e. The van der Waals surface area contributed by atoms with Crippen molar-refractivity contribution in [1.29, 1.82) is 0 Å². The molecule has 34 heavy (non-hydrogen) atoms. The minimum atomic E-state index is -0.838. The molecule has 1 N–H and O–H groups in total. The first-order chi connectivity index (χ1) is 16.5. The summed E-state index contributed by atoms with van der Waals surface area (Å²) >= 11 is 3.65. The Morgan fingerprint density at radius 2 is 1.59 bits per heavy atom. The Hall–Kier alpha value is -2.74. The Labute approximate surface area is 209 Å². The highest BCUT2D eigenvalue weighted by molar-refractivity contribution is 9.10. The average molecular weight is 528 g/mol. The second kappa shape index (κ2) is 10.7. The van der Waals surface area contributed by atoms with Gasteiger partial charge in [-0.15, -0.1) is 0 Å². The third-order valence-corrected chi connectivity index (χ3v) is 7.20. The molecular weight excluding hydrogens is 498 g/mol. The van der Waals surface area contributed by atoms with Crippen molar-refractivity contribution < 1.29 is 24.1 Å². The molecule has 3 aromatic rings. The molecule has 1 aliphatic rings. The molecule has 0 saturated carbocycles. The maximum atomic E-state index is 11.9. The fourth-order valence-electron chi connectivity index (χ4n) is 4.70. The average Bonchev–Trinajstić information content (AvgIpc) is 2.87. The fourth-order valence-corrected chi connectivity index (χ4v) is 5.42. The van der Waals surface area contributed by atoms with Gasteiger partial charge < -0.3 is 24.1 Å². The van der Waals surface area contributed by atoms with E-state index in [9.17, 15) is 5.11 Å². The molecule has 0 unspecified atom stereocenters. The second-order valence-electron chi connectivity index (χ2n) is 8.21. The number of aliphatic hydroxyl groups excluding tert-OH is 1. The molecule has 0 bridgehead atoms. The zero-order valence-corrected chi connectivity index (χ0v) is 21.5. The summed E-state index contributed by atoms with van der Waals surface area (Å²) in [6, 6.07) is 17.7. The number of halogens is 1. The van der Waals surface area contributed by atoms with E-state index >= 15 is 0 Å². The van der Waals surface area contributed by atoms with Gasteiger partial charge in [0.1, 0.15) is 0 Å². The lowest BCUT2D eigenvalue weighted by Gasteiger charge is -2.40. The second-order valence-corrected chi connectivity index (χ2v) is 9.00. The van der Waals surface area contributed by atoms with Crippen LogP contribution >= 0.6 is 15.9 Å². The number of methoxy groups -OCH3 is 4. The van der Waals surface area contributed by atoms with Gasteiger partial charge in [-0.2, -0.15) is 0 Å². The highest BCUT2D eigenvalue weighted by atomic mass is 79.9. The van der Waals surface area contributed by atoms with E-state index in [1.165, 1.54) is 5.56 Å². The Morgan fingerprint density at radius 1 is 0.912 bits per heavy atom. The number of fused-ring (bicyclic) bond motifs is 1. The topological polar surface area (TPSA) is 60.4 Å². The molecule has 0 saturated heterocycles. The van der Waals surface area contributed by atoms with Gasteiger partial charge in [0.05, 0.1) is 45.1 Å². The minimum absolute atomic E-state index is 0.307. The van der Waals surface area contributed by atoms with Crippen LogP contribution in [-0.4, -0.2) is 45.0 Å². The summed E-state index contributed by atoms with van der Waals surface area (Å²) < 4.78 is 22.8. The molecule has 1 heterocycles. The lowest BCUT2D eigenvalue weighted by Crippen LogP contribution is -2.38. The van der Waals surface area contributed by atoms with Gasteiger partial charge in [-0.1, -0.05) is 36.4 Å². The van der Waals surface area contributed by atoms with Crippen molar-refractivity contribution in [3.05, 3.63) is 81.3 Å². The first kappa shape index (κ1) is 24.4. The minimum Gasteiger partial charge on any atom is -0.493 e. The Morgan fingerprint density at radius 3 is 2.24 bits per heavy atom. The van der Waals surface area contributed by atoms with E-state index in [4.69, 9.17) is 18.9 Å². The summed E-state index contributed by atoms with van der Waals surface area (Å²) in [6.45, 7) is 1.51. The normalized spacial score (nSPS) is 16.5. The third-order valence-electron chi connectivity index (χ3n) is 6.39. The summed E-state index contributed by atoms with van der Waals surface area (Å²) in [4.78, 5) is 2.32. The summed E-state index contributed by atoms with van der Waals surface area (Å²) in [5.41, 5.74) is 4.08. The van der Waals surface area contributed by atoms with Crippen molar-refractivity contribution in [3.8, 4) is 23.0 Å². The summed E-state index contributed by atoms with van der Waals surface area (Å²) in [5.74, 6) is 2.49. The van der Waals surface area contributed by atoms with Crippen LogP contribution in [0.5, 0.6) is 23.0 Å². The predicted molar refractivity (Wildman–Crippen MR) is 135 cm³/mol. The van der Waals surface area contributed by atoms with Crippen molar-refractivity contribution >= 4 is 15.9 Å². The van der Waals surface area contributed by atoms with E-state index in [0.717, 1.165) is 29.7 Å². The van der Waals surface area contributed by atoms with Gasteiger partial charge in [-0.25, -0.2) is 0 Å². The van der Waals surface area contributed by atoms with Crippen molar-refractivity contribution in [2.45, 2.75) is 25.1 Å². The summed E-state index contributed by atoms with van der Waals surface area (Å²) in [7, 11) is 6.46. The lowest BCUT2D eigenvalue weighted by atomic mass is 9.86. The zero-order valence-electron chi connectivity index (χ0n) is 19.9. The highest BCUT2D eigenvalue weighted by Crippen LogP contribution is 2.47. The standard InChI is InChI=1S/C27H30BrNO5/c1-31-21-11-10-19(24(28)27(21)34-4)26(30)25-20-15-23(33-3)22(32-2)14-18(20)12-13-29(25)16-17-8-6-5-7-9-17/h5-11,14-15,25-26,30H,12-13,16H2,1-4H3/t25-,26+/m1/s1. The predicted octanol–water partition coefficient (Wildman–Crippen LogP) is 5.32. The molecule has 0 fully saturated rings. The first-order valence-corrected chi connectivity index (χ1v) is 11.9. The molecule has 0 aliphatic carbocycles. The van der Waals surface area contributed by atoms with Crippen molar-refractivity contribution in [3.63, 3.8) is 0 Å². The molecule has 0 radical (unpaired) electrons. The van der Waals surface area contributed by atoms with Crippen LogP contribution < -0.4 is 18.9 Å². The van der Waals surface area contributed by atoms with E-state index < -0.39 is 6.10 Å². The number of aliphatic hydroxyl groups is 1. The lowest BCUT2D eigenvalue weighted by molar-refractivity contribution is 0.0350. The molecule has 0 spiro atoms. The molecule has 6 nitrogen and oxygen atoms in total. The molecule has 4 rings (SSSR count). The third kappa shape index (κ3) is 4.60. The molecule has 3 aromatic carbocycles. The SMILES string of the molecule is COc1cc2c(cc1OC)[C@H]([C@@H](O)c1ccc(OC)c(OC)c1Br)N(Cc1ccccc1)CC2. The van der Waals surface area contributed by atoms with Crippen molar-refractivity contribution in [1.82, 2.24) is 4.90 Å². The monoisotopic (exact) mass is 527 g/mol. The number of hydrogen-bond donors (Lipinski definition) is 1. The molecule has 7 heteroatoms. The highest BCUT2D eigenvalue weighted by Gasteiger charge is 2.36. The van der Waals surface area contributed by atoms with Gasteiger partial charge in [-0.05, 0) is 57.2 Å². The van der Waals surface area contributed by atoms with E-state index in [0.29, 0.717) is 34.0 Å².